The second-order valence-electron chi connectivity index (χ2n) is 0.572. The Hall–Kier alpha value is 0.710. The van der Waals surface area contributed by atoms with E-state index in [-0.39, 0.29) is 22.4 Å². The fraction of sp³-hybridized carbons (Fsp3) is 0. The average Bonchev–Trinajstić information content (AvgIpc) is 1.36. The van der Waals surface area contributed by atoms with Gasteiger partial charge in [-0.15, -0.1) is 0 Å². The van der Waals surface area contributed by atoms with Gasteiger partial charge in [-0.3, -0.25) is 0 Å². The van der Waals surface area contributed by atoms with Crippen LogP contribution in [0.1, 0.15) is 0 Å². The Morgan fingerprint density at radius 2 is 1.71 bits per heavy atom. The quantitative estimate of drug-likeness (QED) is 0.575. The van der Waals surface area contributed by atoms with Crippen molar-refractivity contribution >= 4 is 31.7 Å². The summed E-state index contributed by atoms with van der Waals surface area (Å²) in [6.45, 7) is 0. The number of nitrogens with zero attached hydrogens (tertiary/aromatic N) is 1. The number of carbonyl (C=O) groups is 1. The summed E-state index contributed by atoms with van der Waals surface area (Å²) < 4.78 is 0.472. The van der Waals surface area contributed by atoms with E-state index in [1.165, 1.54) is 0 Å². The molecular formula is CH3NO2S2Ta. The van der Waals surface area contributed by atoms with E-state index in [1.54, 1.807) is 0 Å². The molecule has 1 amide bonds. The van der Waals surface area contributed by atoms with Crippen LogP contribution in [-0.2, 0) is 22.4 Å². The van der Waals surface area contributed by atoms with Crippen molar-refractivity contribution in [3.63, 3.8) is 0 Å². The zero-order valence-corrected chi connectivity index (χ0v) is 8.15. The first kappa shape index (κ1) is 10.6. The van der Waals surface area contributed by atoms with Gasteiger partial charge in [-0.25, -0.2) is 4.79 Å². The van der Waals surface area contributed by atoms with Gasteiger partial charge in [-0.05, 0) is 25.6 Å². The molecule has 41 valence electrons. The Labute approximate surface area is 67.7 Å². The van der Waals surface area contributed by atoms with Gasteiger partial charge in [0, 0.05) is 22.4 Å². The number of hydrogen-bond donors (Lipinski definition) is 3. The summed E-state index contributed by atoms with van der Waals surface area (Å²) in [7, 11) is 0. The van der Waals surface area contributed by atoms with Crippen molar-refractivity contribution in [1.29, 1.82) is 0 Å². The maximum atomic E-state index is 9.47. The molecule has 0 spiro atoms. The maximum absolute atomic E-state index is 9.47. The normalized spacial score (nSPS) is 6.57. The minimum atomic E-state index is -1.18. The Morgan fingerprint density at radius 3 is 1.71 bits per heavy atom. The van der Waals surface area contributed by atoms with Crippen LogP contribution in [0, 0.1) is 0 Å². The molecular weight excluding hydrogens is 303 g/mol. The fourth-order valence-corrected chi connectivity index (χ4v) is 0. The van der Waals surface area contributed by atoms with Crippen LogP contribution < -0.4 is 0 Å². The Morgan fingerprint density at radius 1 is 1.57 bits per heavy atom. The molecule has 0 saturated carbocycles. The minimum absolute atomic E-state index is 0. The van der Waals surface area contributed by atoms with Crippen molar-refractivity contribution in [3.8, 4) is 0 Å². The molecule has 0 saturated heterocycles. The van der Waals surface area contributed by atoms with Crippen LogP contribution in [0.2, 0.25) is 0 Å². The van der Waals surface area contributed by atoms with Crippen LogP contribution in [0.4, 0.5) is 4.79 Å². The van der Waals surface area contributed by atoms with E-state index in [0.29, 0.717) is 3.71 Å². The number of rotatable bonds is 0. The van der Waals surface area contributed by atoms with Gasteiger partial charge in [0.15, 0.2) is 0 Å². The molecule has 0 aromatic heterocycles. The van der Waals surface area contributed by atoms with Crippen LogP contribution in [0.3, 0.4) is 0 Å². The summed E-state index contributed by atoms with van der Waals surface area (Å²) in [5.41, 5.74) is 0. The van der Waals surface area contributed by atoms with Gasteiger partial charge < -0.3 is 5.11 Å². The van der Waals surface area contributed by atoms with Gasteiger partial charge in [0.1, 0.15) is 0 Å². The summed E-state index contributed by atoms with van der Waals surface area (Å²) in [4.78, 5) is 9.47. The second-order valence-corrected chi connectivity index (χ2v) is 1.69. The summed E-state index contributed by atoms with van der Waals surface area (Å²) >= 11 is 6.58. The molecule has 6 heteroatoms. The fourth-order valence-electron chi connectivity index (χ4n) is 0. The van der Waals surface area contributed by atoms with Gasteiger partial charge in [0.2, 0.25) is 0 Å². The van der Waals surface area contributed by atoms with E-state index in [4.69, 9.17) is 5.11 Å². The van der Waals surface area contributed by atoms with Crippen LogP contribution in [-0.4, -0.2) is 14.9 Å². The van der Waals surface area contributed by atoms with E-state index in [1.807, 2.05) is 0 Å². The number of carboxylic acid groups (broad SMARTS) is 1. The molecule has 1 N–H and O–H groups in total. The van der Waals surface area contributed by atoms with Crippen molar-refractivity contribution in [3.05, 3.63) is 0 Å². The van der Waals surface area contributed by atoms with E-state index in [0.717, 1.165) is 0 Å². The molecule has 0 aliphatic carbocycles. The maximum Gasteiger partial charge on any atom is 0.427 e. The third-order valence-electron chi connectivity index (χ3n) is 0.171. The smallest absolute Gasteiger partial charge is 0.427 e. The van der Waals surface area contributed by atoms with Crippen molar-refractivity contribution in [2.45, 2.75) is 0 Å². The van der Waals surface area contributed by atoms with Crippen LogP contribution in [0.25, 0.3) is 0 Å². The van der Waals surface area contributed by atoms with Crippen molar-refractivity contribution in [1.82, 2.24) is 3.71 Å². The molecule has 0 fully saturated rings. The zero-order chi connectivity index (χ0) is 5.15. The molecule has 0 aromatic rings. The van der Waals surface area contributed by atoms with Crippen LogP contribution in [0.15, 0.2) is 0 Å². The zero-order valence-electron chi connectivity index (χ0n) is 3.14. The molecule has 0 aromatic carbocycles. The first-order valence-electron chi connectivity index (χ1n) is 1.05. The van der Waals surface area contributed by atoms with Gasteiger partial charge in [-0.1, -0.05) is 0 Å². The predicted octanol–water partition coefficient (Wildman–Crippen LogP) is 0.653. The molecule has 7 heavy (non-hydrogen) atoms. The summed E-state index contributed by atoms with van der Waals surface area (Å²) in [6, 6.07) is 0. The third kappa shape index (κ3) is 6.71. The Bertz CT molecular complexity index is 66.7. The molecule has 0 atom stereocenters. The molecule has 0 aliphatic rings. The first-order chi connectivity index (χ1) is 2.64. The van der Waals surface area contributed by atoms with Gasteiger partial charge in [0.05, 0.1) is 0 Å². The van der Waals surface area contributed by atoms with E-state index < -0.39 is 6.09 Å². The summed E-state index contributed by atoms with van der Waals surface area (Å²) in [5, 5.41) is 7.76. The third-order valence-corrected chi connectivity index (χ3v) is 0.513. The molecule has 0 heterocycles. The summed E-state index contributed by atoms with van der Waals surface area (Å²) in [5.74, 6) is 0. The largest absolute Gasteiger partial charge is 0.464 e. The predicted molar refractivity (Wildman–Crippen MR) is 27.8 cm³/mol. The topological polar surface area (TPSA) is 40.5 Å². The van der Waals surface area contributed by atoms with Gasteiger partial charge in [-0.2, -0.15) is 3.71 Å². The molecule has 1 radical (unpaired) electrons. The van der Waals surface area contributed by atoms with Gasteiger partial charge >= 0.3 is 6.09 Å². The van der Waals surface area contributed by atoms with E-state index >= 15 is 0 Å². The molecule has 0 bridgehead atoms. The molecule has 0 aliphatic heterocycles. The first-order valence-corrected chi connectivity index (χ1v) is 1.85. The molecule has 0 unspecified atom stereocenters. The number of hydrogen-bond acceptors (Lipinski definition) is 3. The summed E-state index contributed by atoms with van der Waals surface area (Å²) in [6.07, 6.45) is -1.18. The van der Waals surface area contributed by atoms with Crippen molar-refractivity contribution in [2.75, 3.05) is 0 Å². The SMILES string of the molecule is O=C(O)N(S)S.[Ta]. The minimum Gasteiger partial charge on any atom is -0.464 e. The second kappa shape index (κ2) is 4.86. The van der Waals surface area contributed by atoms with Gasteiger partial charge in [0.25, 0.3) is 0 Å². The van der Waals surface area contributed by atoms with Crippen LogP contribution in [0.5, 0.6) is 0 Å². The van der Waals surface area contributed by atoms with Crippen molar-refractivity contribution < 1.29 is 32.3 Å². The molecule has 3 nitrogen and oxygen atoms in total. The van der Waals surface area contributed by atoms with Crippen LogP contribution >= 0.6 is 25.6 Å². The van der Waals surface area contributed by atoms with E-state index in [9.17, 15) is 4.79 Å². The van der Waals surface area contributed by atoms with Crippen molar-refractivity contribution in [2.24, 2.45) is 0 Å². The average molecular weight is 306 g/mol. The Balaban J connectivity index is 0. The standard InChI is InChI=1S/CH3NO2S2.Ta/c3-1(4)2(5)6;/h5-6H,(H,3,4);. The monoisotopic (exact) mass is 306 g/mol. The Kier molecular flexibility index (Phi) is 7.39. The van der Waals surface area contributed by atoms with E-state index in [2.05, 4.69) is 25.6 Å². The number of amides is 1. The number of thiol groups is 2. The molecule has 0 rings (SSSR count).